The molecule has 6 rings (SSSR count). The number of carbonyl (C=O) groups excluding carboxylic acids is 3. The summed E-state index contributed by atoms with van der Waals surface area (Å²) in [6, 6.07) is 23.0. The third-order valence-corrected chi connectivity index (χ3v) is 7.10. The Morgan fingerprint density at radius 3 is 1.92 bits per heavy atom. The second-order valence-electron chi connectivity index (χ2n) is 9.24. The van der Waals surface area contributed by atoms with Gasteiger partial charge in [-0.05, 0) is 44.8 Å². The molecule has 0 aromatic heterocycles. The third kappa shape index (κ3) is 3.83. The predicted octanol–water partition coefficient (Wildman–Crippen LogP) is 6.43. The molecular weight excluding hydrogens is 460 g/mol. The molecule has 0 unspecified atom stereocenters. The molecule has 0 fully saturated rings. The van der Waals surface area contributed by atoms with Crippen LogP contribution in [0.5, 0.6) is 0 Å². The van der Waals surface area contributed by atoms with Crippen molar-refractivity contribution in [3.8, 4) is 0 Å². The van der Waals surface area contributed by atoms with E-state index in [0.29, 0.717) is 11.1 Å². The van der Waals surface area contributed by atoms with E-state index < -0.39 is 0 Å². The van der Waals surface area contributed by atoms with Gasteiger partial charge in [-0.15, -0.1) is 0 Å². The Balaban J connectivity index is 1.26. The SMILES string of the molecule is O=C1Cc2c(ccc3ccccc23)C(=O)C1=CC=CC=CC1=C(O)c2ccc3ccccc3c2CC1=O. The fourth-order valence-electron chi connectivity index (χ4n) is 5.26. The van der Waals surface area contributed by atoms with Crippen LogP contribution in [-0.4, -0.2) is 22.5 Å². The minimum atomic E-state index is -0.280. The Bertz CT molecular complexity index is 1780. The molecule has 2 aliphatic carbocycles. The first kappa shape index (κ1) is 22.6. The molecule has 0 heterocycles. The summed E-state index contributed by atoms with van der Waals surface area (Å²) < 4.78 is 0. The molecule has 0 saturated heterocycles. The minimum Gasteiger partial charge on any atom is -0.507 e. The van der Waals surface area contributed by atoms with Crippen LogP contribution in [0.15, 0.2) is 114 Å². The lowest BCUT2D eigenvalue weighted by Gasteiger charge is -2.19. The average molecular weight is 483 g/mol. The summed E-state index contributed by atoms with van der Waals surface area (Å²) in [5, 5.41) is 14.8. The highest BCUT2D eigenvalue weighted by Gasteiger charge is 2.29. The quantitative estimate of drug-likeness (QED) is 0.207. The van der Waals surface area contributed by atoms with Gasteiger partial charge in [0.15, 0.2) is 17.3 Å². The van der Waals surface area contributed by atoms with Crippen molar-refractivity contribution in [1.29, 1.82) is 0 Å². The van der Waals surface area contributed by atoms with Gasteiger partial charge in [0.1, 0.15) is 5.76 Å². The van der Waals surface area contributed by atoms with Crippen molar-refractivity contribution >= 4 is 44.7 Å². The van der Waals surface area contributed by atoms with E-state index in [4.69, 9.17) is 0 Å². The molecule has 0 bridgehead atoms. The number of carbonyl (C=O) groups is 3. The monoisotopic (exact) mass is 482 g/mol. The van der Waals surface area contributed by atoms with Gasteiger partial charge in [-0.2, -0.15) is 0 Å². The molecule has 0 spiro atoms. The van der Waals surface area contributed by atoms with Crippen LogP contribution in [-0.2, 0) is 22.4 Å². The number of Topliss-reactive ketones (excluding diaryl/α,β-unsaturated/α-hetero) is 3. The van der Waals surface area contributed by atoms with Crippen molar-refractivity contribution in [2.24, 2.45) is 0 Å². The molecule has 37 heavy (non-hydrogen) atoms. The topological polar surface area (TPSA) is 71.4 Å². The number of aliphatic hydroxyl groups excluding tert-OH is 1. The number of hydrogen-bond acceptors (Lipinski definition) is 4. The second kappa shape index (κ2) is 8.99. The van der Waals surface area contributed by atoms with E-state index in [0.717, 1.165) is 32.7 Å². The predicted molar refractivity (Wildman–Crippen MR) is 146 cm³/mol. The summed E-state index contributed by atoms with van der Waals surface area (Å²) in [5.41, 5.74) is 3.21. The van der Waals surface area contributed by atoms with Crippen LogP contribution in [0.3, 0.4) is 0 Å². The summed E-state index contributed by atoms with van der Waals surface area (Å²) >= 11 is 0. The Kier molecular flexibility index (Phi) is 5.50. The van der Waals surface area contributed by atoms with Crippen LogP contribution >= 0.6 is 0 Å². The van der Waals surface area contributed by atoms with Crippen LogP contribution in [0.2, 0.25) is 0 Å². The van der Waals surface area contributed by atoms with E-state index in [1.54, 1.807) is 30.4 Å². The summed E-state index contributed by atoms with van der Waals surface area (Å²) in [4.78, 5) is 38.7. The zero-order valence-electron chi connectivity index (χ0n) is 19.9. The van der Waals surface area contributed by atoms with Crippen LogP contribution in [0.25, 0.3) is 27.3 Å². The molecule has 2 aliphatic rings. The fourth-order valence-corrected chi connectivity index (χ4v) is 5.26. The molecule has 0 amide bonds. The maximum atomic E-state index is 13.1. The van der Waals surface area contributed by atoms with E-state index in [1.807, 2.05) is 66.7 Å². The van der Waals surface area contributed by atoms with Crippen molar-refractivity contribution in [3.05, 3.63) is 137 Å². The third-order valence-electron chi connectivity index (χ3n) is 7.10. The summed E-state index contributed by atoms with van der Waals surface area (Å²) in [6.07, 6.45) is 8.37. The van der Waals surface area contributed by atoms with Crippen molar-refractivity contribution in [2.75, 3.05) is 0 Å². The highest BCUT2D eigenvalue weighted by molar-refractivity contribution is 6.31. The summed E-state index contributed by atoms with van der Waals surface area (Å²) in [6.45, 7) is 0. The van der Waals surface area contributed by atoms with Crippen LogP contribution in [0.4, 0.5) is 0 Å². The number of allylic oxidation sites excluding steroid dienone is 7. The fraction of sp³-hybridized carbons (Fsp3) is 0.0606. The van der Waals surface area contributed by atoms with Crippen molar-refractivity contribution in [1.82, 2.24) is 0 Å². The second-order valence-corrected chi connectivity index (χ2v) is 9.24. The van der Waals surface area contributed by atoms with Crippen LogP contribution in [0, 0.1) is 0 Å². The molecule has 4 aromatic carbocycles. The van der Waals surface area contributed by atoms with Gasteiger partial charge in [0.2, 0.25) is 0 Å². The Labute approximate surface area is 213 Å². The molecule has 4 nitrogen and oxygen atoms in total. The molecule has 4 aromatic rings. The minimum absolute atomic E-state index is 0.0403. The number of rotatable bonds is 3. The van der Waals surface area contributed by atoms with Crippen molar-refractivity contribution in [3.63, 3.8) is 0 Å². The molecule has 0 aliphatic heterocycles. The number of hydrogen-bond donors (Lipinski definition) is 1. The Hall–Kier alpha value is -4.83. The first-order chi connectivity index (χ1) is 18.0. The van der Waals surface area contributed by atoms with Crippen molar-refractivity contribution in [2.45, 2.75) is 12.8 Å². The normalized spacial score (nSPS) is 17.0. The average Bonchev–Trinajstić information content (AvgIpc) is 2.91. The number of ketones is 3. The van der Waals surface area contributed by atoms with Gasteiger partial charge in [0, 0.05) is 24.0 Å². The van der Waals surface area contributed by atoms with Gasteiger partial charge < -0.3 is 5.11 Å². The number of fused-ring (bicyclic) bond motifs is 6. The molecule has 0 atom stereocenters. The Morgan fingerprint density at radius 1 is 0.622 bits per heavy atom. The largest absolute Gasteiger partial charge is 0.507 e. The van der Waals surface area contributed by atoms with E-state index in [2.05, 4.69) is 0 Å². The zero-order valence-corrected chi connectivity index (χ0v) is 19.9. The smallest absolute Gasteiger partial charge is 0.196 e. The summed E-state index contributed by atoms with van der Waals surface area (Å²) in [5.74, 6) is -0.696. The number of benzene rings is 4. The van der Waals surface area contributed by atoms with E-state index in [-0.39, 0.29) is 47.1 Å². The molecular formula is C33H22O4. The maximum Gasteiger partial charge on any atom is 0.196 e. The van der Waals surface area contributed by atoms with Crippen LogP contribution in [0.1, 0.15) is 27.0 Å². The van der Waals surface area contributed by atoms with E-state index in [9.17, 15) is 19.5 Å². The van der Waals surface area contributed by atoms with Gasteiger partial charge >= 0.3 is 0 Å². The van der Waals surface area contributed by atoms with E-state index >= 15 is 0 Å². The molecule has 1 N–H and O–H groups in total. The lowest BCUT2D eigenvalue weighted by molar-refractivity contribution is -0.115. The first-order valence-corrected chi connectivity index (χ1v) is 12.1. The molecule has 178 valence electrons. The molecule has 0 saturated carbocycles. The number of aliphatic hydroxyl groups is 1. The first-order valence-electron chi connectivity index (χ1n) is 12.1. The standard InChI is InChI=1S/C33H22O4/c34-30-18-28-22-10-6-4-8-20(22)14-16-24(28)32(36)26(30)12-2-1-3-13-27-31(35)19-29-23-11-7-5-9-21(23)15-17-25(29)33(27)37/h1-17,36H,18-19H2. The summed E-state index contributed by atoms with van der Waals surface area (Å²) in [7, 11) is 0. The lowest BCUT2D eigenvalue weighted by atomic mass is 9.83. The van der Waals surface area contributed by atoms with Gasteiger partial charge in [-0.3, -0.25) is 14.4 Å². The molecule has 4 heteroatoms. The lowest BCUT2D eigenvalue weighted by Crippen LogP contribution is -2.23. The highest BCUT2D eigenvalue weighted by atomic mass is 16.3. The highest BCUT2D eigenvalue weighted by Crippen LogP contribution is 2.34. The van der Waals surface area contributed by atoms with Gasteiger partial charge in [-0.25, -0.2) is 0 Å². The molecule has 0 radical (unpaired) electrons. The van der Waals surface area contributed by atoms with E-state index in [1.165, 1.54) is 6.08 Å². The Morgan fingerprint density at radius 2 is 1.22 bits per heavy atom. The van der Waals surface area contributed by atoms with Gasteiger partial charge in [-0.1, -0.05) is 91.0 Å². The zero-order chi connectivity index (χ0) is 25.5. The van der Waals surface area contributed by atoms with Gasteiger partial charge in [0.25, 0.3) is 0 Å². The van der Waals surface area contributed by atoms with Gasteiger partial charge in [0.05, 0.1) is 11.1 Å². The van der Waals surface area contributed by atoms with Crippen LogP contribution < -0.4 is 0 Å². The van der Waals surface area contributed by atoms with Crippen molar-refractivity contribution < 1.29 is 19.5 Å². The maximum absolute atomic E-state index is 13.1.